The van der Waals surface area contributed by atoms with Crippen LogP contribution in [-0.2, 0) is 0 Å². The first-order valence-electron chi connectivity index (χ1n) is 19.4. The number of nitrogens with zero attached hydrogens (tertiary/aromatic N) is 2. The lowest BCUT2D eigenvalue weighted by Crippen LogP contribution is -2.28. The molecule has 2 heteroatoms. The van der Waals surface area contributed by atoms with Crippen molar-refractivity contribution in [2.75, 3.05) is 4.90 Å². The number of aryl methyl sites for hydroxylation is 4. The van der Waals surface area contributed by atoms with Crippen molar-refractivity contribution in [2.45, 2.75) is 55.4 Å². The molecule has 1 heterocycles. The molecular formula is C53H56N2. The van der Waals surface area contributed by atoms with Gasteiger partial charge in [0.05, 0.1) is 11.4 Å². The van der Waals surface area contributed by atoms with Crippen molar-refractivity contribution in [3.05, 3.63) is 228 Å². The van der Waals surface area contributed by atoms with Gasteiger partial charge in [-0.25, -0.2) is 4.99 Å². The van der Waals surface area contributed by atoms with Crippen LogP contribution in [0, 0.1) is 27.7 Å². The fourth-order valence-electron chi connectivity index (χ4n) is 6.38. The van der Waals surface area contributed by atoms with Crippen LogP contribution >= 0.6 is 0 Å². The minimum Gasteiger partial charge on any atom is -0.301 e. The van der Waals surface area contributed by atoms with Gasteiger partial charge in [0.15, 0.2) is 0 Å². The molecule has 0 unspecified atom stereocenters. The summed E-state index contributed by atoms with van der Waals surface area (Å²) in [5.41, 5.74) is 15.5. The Kier molecular flexibility index (Phi) is 15.7. The maximum atomic E-state index is 5.18. The molecular weight excluding hydrogens is 665 g/mol. The third-order valence-corrected chi connectivity index (χ3v) is 9.19. The molecule has 7 rings (SSSR count). The van der Waals surface area contributed by atoms with Gasteiger partial charge in [0.25, 0.3) is 0 Å². The van der Waals surface area contributed by atoms with E-state index in [4.69, 9.17) is 4.99 Å². The molecule has 0 spiro atoms. The number of fused-ring (bicyclic) bond motifs is 1. The van der Waals surface area contributed by atoms with Crippen LogP contribution in [-0.4, -0.2) is 5.84 Å². The second kappa shape index (κ2) is 20.8. The number of hydrogen-bond donors (Lipinski definition) is 0. The van der Waals surface area contributed by atoms with Crippen LogP contribution in [0.25, 0.3) is 28.0 Å². The highest BCUT2D eigenvalue weighted by Gasteiger charge is 2.23. The molecule has 0 saturated heterocycles. The number of aliphatic imine (C=N–C) groups is 1. The SMILES string of the molecule is C=C(N=C(c1ccccc1C)N1/C=C\C=C(\c2ccc(-c3ccccc3C)c(C)c2)C(=C)c2ccccc21)c1ccccc1.CC.CC.Cc1ccccc1. The molecule has 0 radical (unpaired) electrons. The molecule has 55 heavy (non-hydrogen) atoms. The van der Waals surface area contributed by atoms with E-state index >= 15 is 0 Å². The molecule has 278 valence electrons. The van der Waals surface area contributed by atoms with Crippen LogP contribution < -0.4 is 4.90 Å². The van der Waals surface area contributed by atoms with Gasteiger partial charge in [0, 0.05) is 17.3 Å². The zero-order chi connectivity index (χ0) is 39.7. The van der Waals surface area contributed by atoms with E-state index in [-0.39, 0.29) is 0 Å². The lowest BCUT2D eigenvalue weighted by atomic mass is 9.88. The molecule has 0 atom stereocenters. The van der Waals surface area contributed by atoms with Crippen molar-refractivity contribution >= 4 is 28.4 Å². The van der Waals surface area contributed by atoms with Gasteiger partial charge in [-0.2, -0.15) is 0 Å². The summed E-state index contributed by atoms with van der Waals surface area (Å²) in [6.45, 7) is 25.6. The van der Waals surface area contributed by atoms with E-state index in [9.17, 15) is 0 Å². The first kappa shape index (κ1) is 41.5. The fraction of sp³-hybridized carbons (Fsp3) is 0.151. The van der Waals surface area contributed by atoms with Crippen molar-refractivity contribution in [3.63, 3.8) is 0 Å². The molecule has 0 bridgehead atoms. The lowest BCUT2D eigenvalue weighted by Gasteiger charge is -2.29. The number of anilines is 1. The molecule has 2 nitrogen and oxygen atoms in total. The normalized spacial score (nSPS) is 13.4. The molecule has 0 aromatic heterocycles. The van der Waals surface area contributed by atoms with Crippen molar-refractivity contribution in [2.24, 2.45) is 4.99 Å². The Bertz CT molecular complexity index is 2270. The molecule has 6 aromatic carbocycles. The molecule has 0 saturated carbocycles. The molecule has 1 aliphatic heterocycles. The van der Waals surface area contributed by atoms with E-state index in [0.29, 0.717) is 5.70 Å². The highest BCUT2D eigenvalue weighted by Crippen LogP contribution is 2.39. The van der Waals surface area contributed by atoms with Crippen molar-refractivity contribution in [1.82, 2.24) is 0 Å². The monoisotopic (exact) mass is 720 g/mol. The first-order chi connectivity index (χ1) is 26.8. The molecule has 0 amide bonds. The average molecular weight is 721 g/mol. The summed E-state index contributed by atoms with van der Waals surface area (Å²) in [6.07, 6.45) is 6.36. The standard InChI is InChI=1S/C42H36N2.C7H8.2C2H6/c1-29-16-9-11-20-36(29)37-26-25-35(28-31(37)3)39-23-15-27-44(41-24-14-13-22-40(41)32(39)4)42(38-21-12-10-17-30(38)2)43-33(5)34-18-7-6-8-19-34;1-7-5-3-2-4-6-7;2*1-2/h6-28H,4-5H2,1-3H3;2-6H,1H3;2*1-2H3/b27-15-,39-23+,43-42?;;;. The van der Waals surface area contributed by atoms with Crippen LogP contribution in [0.3, 0.4) is 0 Å². The van der Waals surface area contributed by atoms with Gasteiger partial charge in [0.2, 0.25) is 0 Å². The number of allylic oxidation sites excluding steroid dienone is 4. The van der Waals surface area contributed by atoms with Gasteiger partial charge in [-0.3, -0.25) is 0 Å². The Balaban J connectivity index is 0.000000538. The summed E-state index contributed by atoms with van der Waals surface area (Å²) in [5.74, 6) is 0.809. The zero-order valence-electron chi connectivity index (χ0n) is 34.0. The van der Waals surface area contributed by atoms with Gasteiger partial charge in [-0.15, -0.1) is 0 Å². The molecule has 0 fully saturated rings. The summed E-state index contributed by atoms with van der Waals surface area (Å²) in [7, 11) is 0. The quantitative estimate of drug-likeness (QED) is 0.128. The number of rotatable bonds is 5. The summed E-state index contributed by atoms with van der Waals surface area (Å²) >= 11 is 0. The second-order valence-corrected chi connectivity index (χ2v) is 12.8. The molecule has 0 aliphatic carbocycles. The number of benzene rings is 6. The van der Waals surface area contributed by atoms with E-state index in [1.54, 1.807) is 0 Å². The Morgan fingerprint density at radius 2 is 1.09 bits per heavy atom. The van der Waals surface area contributed by atoms with Crippen LogP contribution in [0.5, 0.6) is 0 Å². The van der Waals surface area contributed by atoms with Gasteiger partial charge >= 0.3 is 0 Å². The lowest BCUT2D eigenvalue weighted by molar-refractivity contribution is 1.28. The van der Waals surface area contributed by atoms with E-state index in [1.807, 2.05) is 76.2 Å². The molecule has 1 aliphatic rings. The van der Waals surface area contributed by atoms with Crippen LogP contribution in [0.2, 0.25) is 0 Å². The number of hydrogen-bond acceptors (Lipinski definition) is 1. The van der Waals surface area contributed by atoms with Gasteiger partial charge in [-0.1, -0.05) is 198 Å². The maximum absolute atomic E-state index is 5.18. The summed E-state index contributed by atoms with van der Waals surface area (Å²) < 4.78 is 0. The van der Waals surface area contributed by atoms with Crippen molar-refractivity contribution in [3.8, 4) is 11.1 Å². The third kappa shape index (κ3) is 10.5. The van der Waals surface area contributed by atoms with Crippen LogP contribution in [0.15, 0.2) is 188 Å². The van der Waals surface area contributed by atoms with Gasteiger partial charge in [0.1, 0.15) is 5.84 Å². The first-order valence-corrected chi connectivity index (χ1v) is 19.4. The Morgan fingerprint density at radius 3 is 1.69 bits per heavy atom. The third-order valence-electron chi connectivity index (χ3n) is 9.19. The van der Waals surface area contributed by atoms with Gasteiger partial charge in [-0.05, 0) is 89.9 Å². The fourth-order valence-corrected chi connectivity index (χ4v) is 6.38. The Morgan fingerprint density at radius 1 is 0.545 bits per heavy atom. The predicted molar refractivity (Wildman–Crippen MR) is 243 cm³/mol. The largest absolute Gasteiger partial charge is 0.301 e. The minimum atomic E-state index is 0.705. The van der Waals surface area contributed by atoms with Crippen molar-refractivity contribution in [1.29, 1.82) is 0 Å². The average Bonchev–Trinajstić information content (AvgIpc) is 3.22. The van der Waals surface area contributed by atoms with Crippen LogP contribution in [0.1, 0.15) is 72.2 Å². The van der Waals surface area contributed by atoms with E-state index < -0.39 is 0 Å². The highest BCUT2D eigenvalue weighted by molar-refractivity contribution is 6.17. The van der Waals surface area contributed by atoms with Crippen LogP contribution in [0.4, 0.5) is 5.69 Å². The number of para-hydroxylation sites is 1. The Hall–Kier alpha value is -6.25. The summed E-state index contributed by atoms with van der Waals surface area (Å²) in [5, 5.41) is 0. The maximum Gasteiger partial charge on any atom is 0.145 e. The van der Waals surface area contributed by atoms with E-state index in [1.165, 1.54) is 27.8 Å². The summed E-state index contributed by atoms with van der Waals surface area (Å²) in [6, 6.07) is 52.5. The van der Waals surface area contributed by atoms with E-state index in [0.717, 1.165) is 50.5 Å². The zero-order valence-corrected chi connectivity index (χ0v) is 34.0. The predicted octanol–water partition coefficient (Wildman–Crippen LogP) is 14.9. The van der Waals surface area contributed by atoms with Gasteiger partial charge < -0.3 is 4.90 Å². The topological polar surface area (TPSA) is 15.6 Å². The van der Waals surface area contributed by atoms with E-state index in [2.05, 4.69) is 167 Å². The smallest absolute Gasteiger partial charge is 0.145 e. The van der Waals surface area contributed by atoms with Crippen molar-refractivity contribution < 1.29 is 0 Å². The Labute approximate surface area is 331 Å². The second-order valence-electron chi connectivity index (χ2n) is 12.8. The minimum absolute atomic E-state index is 0.705. The molecule has 0 N–H and O–H groups in total. The highest BCUT2D eigenvalue weighted by atomic mass is 15.2. The number of amidine groups is 1. The summed E-state index contributed by atoms with van der Waals surface area (Å²) in [4.78, 5) is 7.34. The molecule has 6 aromatic rings.